The fraction of sp³-hybridized carbons (Fsp3) is 0.684. The molecular weight excluding hydrogens is 258 g/mol. The van der Waals surface area contributed by atoms with Gasteiger partial charge in [-0.25, -0.2) is 0 Å². The van der Waals surface area contributed by atoms with Crippen LogP contribution in [-0.2, 0) is 13.0 Å². The Morgan fingerprint density at radius 3 is 2.71 bits per heavy atom. The van der Waals surface area contributed by atoms with Gasteiger partial charge >= 0.3 is 0 Å². The first-order valence-electron chi connectivity index (χ1n) is 8.60. The van der Waals surface area contributed by atoms with Crippen molar-refractivity contribution in [2.75, 3.05) is 13.1 Å². The molecule has 3 unspecified atom stereocenters. The number of hydrogen-bond acceptors (Lipinski definition) is 2. The molecule has 0 spiro atoms. The number of aliphatic hydroxyl groups excluding tert-OH is 1. The molecule has 0 saturated heterocycles. The first kappa shape index (κ1) is 15.1. The average molecular weight is 287 g/mol. The molecule has 2 nitrogen and oxygen atoms in total. The Labute approximate surface area is 129 Å². The van der Waals surface area contributed by atoms with E-state index in [-0.39, 0.29) is 6.10 Å². The molecule has 0 bridgehead atoms. The van der Waals surface area contributed by atoms with Crippen molar-refractivity contribution in [2.45, 2.75) is 52.2 Å². The zero-order valence-corrected chi connectivity index (χ0v) is 13.5. The van der Waals surface area contributed by atoms with Crippen molar-refractivity contribution in [3.05, 3.63) is 35.4 Å². The fourth-order valence-electron chi connectivity index (χ4n) is 4.13. The van der Waals surface area contributed by atoms with Crippen LogP contribution in [0.5, 0.6) is 0 Å². The maximum atomic E-state index is 10.4. The summed E-state index contributed by atoms with van der Waals surface area (Å²) in [6.45, 7) is 7.93. The molecular formula is C19H29NO. The zero-order chi connectivity index (χ0) is 14.8. The molecule has 3 atom stereocenters. The molecule has 21 heavy (non-hydrogen) atoms. The number of fused-ring (bicyclic) bond motifs is 1. The molecule has 0 amide bonds. The third kappa shape index (κ3) is 3.49. The highest BCUT2D eigenvalue weighted by Gasteiger charge is 2.32. The van der Waals surface area contributed by atoms with Gasteiger partial charge in [-0.2, -0.15) is 0 Å². The SMILES string of the molecule is CC(C)C1CCC(O)C(CN2CCc3ccccc3C2)C1. The Bertz CT molecular complexity index is 470. The first-order chi connectivity index (χ1) is 10.1. The maximum absolute atomic E-state index is 10.4. The summed E-state index contributed by atoms with van der Waals surface area (Å²) in [5.74, 6) is 2.02. The van der Waals surface area contributed by atoms with E-state index < -0.39 is 0 Å². The highest BCUT2D eigenvalue weighted by atomic mass is 16.3. The summed E-state index contributed by atoms with van der Waals surface area (Å²) in [5, 5.41) is 10.4. The topological polar surface area (TPSA) is 23.5 Å². The van der Waals surface area contributed by atoms with E-state index in [0.717, 1.165) is 44.3 Å². The van der Waals surface area contributed by atoms with E-state index in [1.54, 1.807) is 0 Å². The van der Waals surface area contributed by atoms with Crippen molar-refractivity contribution < 1.29 is 5.11 Å². The monoisotopic (exact) mass is 287 g/mol. The molecule has 2 aliphatic rings. The summed E-state index contributed by atoms with van der Waals surface area (Å²) >= 11 is 0. The number of aliphatic hydroxyl groups is 1. The van der Waals surface area contributed by atoms with E-state index in [0.29, 0.717) is 5.92 Å². The highest BCUT2D eigenvalue weighted by Crippen LogP contribution is 2.35. The lowest BCUT2D eigenvalue weighted by Crippen LogP contribution is -2.41. The fourth-order valence-corrected chi connectivity index (χ4v) is 4.13. The van der Waals surface area contributed by atoms with Gasteiger partial charge in [0.1, 0.15) is 0 Å². The van der Waals surface area contributed by atoms with Crippen LogP contribution in [0, 0.1) is 17.8 Å². The molecule has 1 aliphatic heterocycles. The predicted octanol–water partition coefficient (Wildman–Crippen LogP) is 3.48. The third-order valence-electron chi connectivity index (χ3n) is 5.63. The summed E-state index contributed by atoms with van der Waals surface area (Å²) in [6.07, 6.45) is 4.48. The average Bonchev–Trinajstić information content (AvgIpc) is 2.49. The van der Waals surface area contributed by atoms with Crippen molar-refractivity contribution in [1.29, 1.82) is 0 Å². The Morgan fingerprint density at radius 1 is 1.19 bits per heavy atom. The lowest BCUT2D eigenvalue weighted by molar-refractivity contribution is 0.0163. The van der Waals surface area contributed by atoms with Gasteiger partial charge in [-0.05, 0) is 54.6 Å². The second kappa shape index (κ2) is 6.50. The van der Waals surface area contributed by atoms with Crippen molar-refractivity contribution in [1.82, 2.24) is 4.90 Å². The molecule has 1 N–H and O–H groups in total. The van der Waals surface area contributed by atoms with Crippen molar-refractivity contribution >= 4 is 0 Å². The Morgan fingerprint density at radius 2 is 1.95 bits per heavy atom. The van der Waals surface area contributed by atoms with Crippen LogP contribution < -0.4 is 0 Å². The van der Waals surface area contributed by atoms with Crippen molar-refractivity contribution in [2.24, 2.45) is 17.8 Å². The Balaban J connectivity index is 1.61. The number of hydrogen-bond donors (Lipinski definition) is 1. The van der Waals surface area contributed by atoms with E-state index in [4.69, 9.17) is 0 Å². The largest absolute Gasteiger partial charge is 0.393 e. The van der Waals surface area contributed by atoms with Gasteiger partial charge in [-0.1, -0.05) is 38.1 Å². The normalized spacial score (nSPS) is 30.4. The van der Waals surface area contributed by atoms with Crippen LogP contribution in [0.3, 0.4) is 0 Å². The van der Waals surface area contributed by atoms with Crippen LogP contribution in [0.1, 0.15) is 44.2 Å². The van der Waals surface area contributed by atoms with Gasteiger partial charge in [-0.3, -0.25) is 4.90 Å². The molecule has 1 aromatic carbocycles. The summed E-state index contributed by atoms with van der Waals surface area (Å²) in [7, 11) is 0. The van der Waals surface area contributed by atoms with Gasteiger partial charge in [0.15, 0.2) is 0 Å². The van der Waals surface area contributed by atoms with Crippen molar-refractivity contribution in [3.63, 3.8) is 0 Å². The molecule has 1 aliphatic carbocycles. The van der Waals surface area contributed by atoms with E-state index in [9.17, 15) is 5.11 Å². The van der Waals surface area contributed by atoms with Crippen LogP contribution in [0.4, 0.5) is 0 Å². The molecule has 2 heteroatoms. The van der Waals surface area contributed by atoms with E-state index in [2.05, 4.69) is 43.0 Å². The smallest absolute Gasteiger partial charge is 0.0580 e. The van der Waals surface area contributed by atoms with Gasteiger partial charge in [0.2, 0.25) is 0 Å². The van der Waals surface area contributed by atoms with Gasteiger partial charge in [0, 0.05) is 19.6 Å². The molecule has 1 fully saturated rings. The summed E-state index contributed by atoms with van der Waals surface area (Å²) in [4.78, 5) is 2.55. The van der Waals surface area contributed by atoms with E-state index in [1.807, 2.05) is 0 Å². The third-order valence-corrected chi connectivity index (χ3v) is 5.63. The molecule has 1 heterocycles. The molecule has 1 aromatic rings. The minimum atomic E-state index is -0.0860. The van der Waals surface area contributed by atoms with Crippen molar-refractivity contribution in [3.8, 4) is 0 Å². The summed E-state index contributed by atoms with van der Waals surface area (Å²) in [5.41, 5.74) is 2.99. The number of benzene rings is 1. The number of rotatable bonds is 3. The lowest BCUT2D eigenvalue weighted by atomic mass is 9.74. The highest BCUT2D eigenvalue weighted by molar-refractivity contribution is 5.29. The van der Waals surface area contributed by atoms with Crippen LogP contribution >= 0.6 is 0 Å². The predicted molar refractivity (Wildman–Crippen MR) is 87.1 cm³/mol. The minimum Gasteiger partial charge on any atom is -0.393 e. The second-order valence-corrected chi connectivity index (χ2v) is 7.40. The molecule has 116 valence electrons. The quantitative estimate of drug-likeness (QED) is 0.920. The van der Waals surface area contributed by atoms with E-state index in [1.165, 1.54) is 24.0 Å². The van der Waals surface area contributed by atoms with Gasteiger partial charge in [0.05, 0.1) is 6.10 Å². The van der Waals surface area contributed by atoms with Gasteiger partial charge in [0.25, 0.3) is 0 Å². The second-order valence-electron chi connectivity index (χ2n) is 7.40. The standard InChI is InChI=1S/C19H29NO/c1-14(2)16-7-8-19(21)18(11-16)13-20-10-9-15-5-3-4-6-17(15)12-20/h3-6,14,16,18-19,21H,7-13H2,1-2H3. The summed E-state index contributed by atoms with van der Waals surface area (Å²) in [6, 6.07) is 8.81. The molecule has 3 rings (SSSR count). The Hall–Kier alpha value is -0.860. The minimum absolute atomic E-state index is 0.0860. The van der Waals surface area contributed by atoms with E-state index >= 15 is 0 Å². The molecule has 0 aromatic heterocycles. The van der Waals surface area contributed by atoms with Crippen LogP contribution in [0.25, 0.3) is 0 Å². The Kier molecular flexibility index (Phi) is 4.66. The number of nitrogens with zero attached hydrogens (tertiary/aromatic N) is 1. The van der Waals surface area contributed by atoms with Crippen LogP contribution in [-0.4, -0.2) is 29.2 Å². The maximum Gasteiger partial charge on any atom is 0.0580 e. The zero-order valence-electron chi connectivity index (χ0n) is 13.5. The summed E-state index contributed by atoms with van der Waals surface area (Å²) < 4.78 is 0. The van der Waals surface area contributed by atoms with Crippen LogP contribution in [0.2, 0.25) is 0 Å². The van der Waals surface area contributed by atoms with Gasteiger partial charge in [-0.15, -0.1) is 0 Å². The van der Waals surface area contributed by atoms with Crippen LogP contribution in [0.15, 0.2) is 24.3 Å². The van der Waals surface area contributed by atoms with Gasteiger partial charge < -0.3 is 5.11 Å². The lowest BCUT2D eigenvalue weighted by Gasteiger charge is -2.39. The first-order valence-corrected chi connectivity index (χ1v) is 8.60. The molecule has 0 radical (unpaired) electrons. The molecule has 1 saturated carbocycles.